The van der Waals surface area contributed by atoms with Crippen molar-refractivity contribution in [2.75, 3.05) is 6.54 Å². The van der Waals surface area contributed by atoms with Crippen molar-refractivity contribution >= 4 is 6.03 Å². The third-order valence-corrected chi connectivity index (χ3v) is 1.40. The van der Waals surface area contributed by atoms with Gasteiger partial charge in [-0.05, 0) is 0 Å². The van der Waals surface area contributed by atoms with Crippen LogP contribution in [0.25, 0.3) is 0 Å². The van der Waals surface area contributed by atoms with Gasteiger partial charge in [-0.1, -0.05) is 12.2 Å². The SMILES string of the molecule is NC/C=C/C1=CNC(=O)NC1O. The predicted molar refractivity (Wildman–Crippen MR) is 44.0 cm³/mol. The van der Waals surface area contributed by atoms with Gasteiger partial charge in [0.15, 0.2) is 6.23 Å². The standard InChI is InChI=1S/C7H11N3O2/c8-3-1-2-5-4-9-7(12)10-6(5)11/h1-2,4,6,11H,3,8H2,(H2,9,10,12)/b2-1+. The summed E-state index contributed by atoms with van der Waals surface area (Å²) in [5.41, 5.74) is 5.80. The summed E-state index contributed by atoms with van der Waals surface area (Å²) < 4.78 is 0. The van der Waals surface area contributed by atoms with Crippen molar-refractivity contribution in [3.63, 3.8) is 0 Å². The first-order chi connectivity index (χ1) is 5.74. The van der Waals surface area contributed by atoms with E-state index in [-0.39, 0.29) is 0 Å². The molecule has 5 nitrogen and oxygen atoms in total. The Morgan fingerprint density at radius 2 is 2.50 bits per heavy atom. The monoisotopic (exact) mass is 169 g/mol. The van der Waals surface area contributed by atoms with Crippen LogP contribution < -0.4 is 16.4 Å². The number of carbonyl (C=O) groups excluding carboxylic acids is 1. The molecule has 1 unspecified atom stereocenters. The molecule has 0 aromatic heterocycles. The van der Waals surface area contributed by atoms with Gasteiger partial charge >= 0.3 is 6.03 Å². The summed E-state index contributed by atoms with van der Waals surface area (Å²) in [5.74, 6) is 0. The molecule has 2 amide bonds. The van der Waals surface area contributed by atoms with Gasteiger partial charge in [0, 0.05) is 18.3 Å². The Morgan fingerprint density at radius 3 is 3.08 bits per heavy atom. The number of carbonyl (C=O) groups is 1. The van der Waals surface area contributed by atoms with E-state index in [1.54, 1.807) is 12.2 Å². The molecule has 1 heterocycles. The first kappa shape index (κ1) is 8.76. The summed E-state index contributed by atoms with van der Waals surface area (Å²) in [6, 6.07) is -0.410. The number of nitrogens with one attached hydrogen (secondary N) is 2. The third kappa shape index (κ3) is 2.08. The first-order valence-corrected chi connectivity index (χ1v) is 3.56. The largest absolute Gasteiger partial charge is 0.369 e. The van der Waals surface area contributed by atoms with Crippen molar-refractivity contribution in [3.8, 4) is 0 Å². The molecule has 0 spiro atoms. The third-order valence-electron chi connectivity index (χ3n) is 1.40. The average molecular weight is 169 g/mol. The molecule has 0 bridgehead atoms. The highest BCUT2D eigenvalue weighted by molar-refractivity contribution is 5.77. The molecule has 0 aliphatic carbocycles. The van der Waals surface area contributed by atoms with Crippen LogP contribution in [0, 0.1) is 0 Å². The van der Waals surface area contributed by atoms with Crippen LogP contribution >= 0.6 is 0 Å². The summed E-state index contributed by atoms with van der Waals surface area (Å²) in [5, 5.41) is 13.9. The minimum atomic E-state index is -0.943. The van der Waals surface area contributed by atoms with Gasteiger partial charge in [-0.15, -0.1) is 0 Å². The van der Waals surface area contributed by atoms with Crippen LogP contribution in [-0.2, 0) is 0 Å². The Labute approximate surface area is 69.9 Å². The molecule has 12 heavy (non-hydrogen) atoms. The maximum Gasteiger partial charge on any atom is 0.321 e. The maximum absolute atomic E-state index is 10.6. The van der Waals surface area contributed by atoms with E-state index < -0.39 is 12.3 Å². The summed E-state index contributed by atoms with van der Waals surface area (Å²) >= 11 is 0. The number of aliphatic hydroxyl groups is 1. The maximum atomic E-state index is 10.6. The number of hydrogen-bond acceptors (Lipinski definition) is 3. The van der Waals surface area contributed by atoms with Gasteiger partial charge in [-0.2, -0.15) is 0 Å². The number of rotatable bonds is 2. The van der Waals surface area contributed by atoms with Crippen molar-refractivity contribution in [1.82, 2.24) is 10.6 Å². The first-order valence-electron chi connectivity index (χ1n) is 3.56. The van der Waals surface area contributed by atoms with Crippen molar-refractivity contribution < 1.29 is 9.90 Å². The lowest BCUT2D eigenvalue weighted by atomic mass is 10.2. The molecule has 1 rings (SSSR count). The average Bonchev–Trinajstić information content (AvgIpc) is 2.03. The van der Waals surface area contributed by atoms with E-state index in [2.05, 4.69) is 10.6 Å². The van der Waals surface area contributed by atoms with Gasteiger partial charge in [-0.3, -0.25) is 0 Å². The molecule has 5 N–H and O–H groups in total. The quantitative estimate of drug-likeness (QED) is 0.428. The number of aliphatic hydroxyl groups excluding tert-OH is 1. The molecular formula is C7H11N3O2. The fourth-order valence-electron chi connectivity index (χ4n) is 0.820. The molecule has 5 heteroatoms. The Morgan fingerprint density at radius 1 is 1.75 bits per heavy atom. The highest BCUT2D eigenvalue weighted by atomic mass is 16.3. The van der Waals surface area contributed by atoms with Gasteiger partial charge in [0.1, 0.15) is 0 Å². The number of amides is 2. The molecule has 0 aromatic carbocycles. The van der Waals surface area contributed by atoms with E-state index in [0.29, 0.717) is 12.1 Å². The second-order valence-electron chi connectivity index (χ2n) is 2.30. The van der Waals surface area contributed by atoms with E-state index in [4.69, 9.17) is 5.73 Å². The minimum absolute atomic E-state index is 0.401. The summed E-state index contributed by atoms with van der Waals surface area (Å²) in [6.07, 6.45) is 3.84. The van der Waals surface area contributed by atoms with Gasteiger partial charge in [0.2, 0.25) is 0 Å². The molecule has 66 valence electrons. The Hall–Kier alpha value is -1.33. The zero-order valence-corrected chi connectivity index (χ0v) is 6.45. The van der Waals surface area contributed by atoms with Crippen LogP contribution in [0.5, 0.6) is 0 Å². The summed E-state index contributed by atoms with van der Waals surface area (Å²) in [7, 11) is 0. The smallest absolute Gasteiger partial charge is 0.321 e. The van der Waals surface area contributed by atoms with Crippen LogP contribution in [0.3, 0.4) is 0 Å². The van der Waals surface area contributed by atoms with Gasteiger partial charge < -0.3 is 21.5 Å². The van der Waals surface area contributed by atoms with Gasteiger partial charge in [0.05, 0.1) is 0 Å². The van der Waals surface area contributed by atoms with Gasteiger partial charge in [-0.25, -0.2) is 4.79 Å². The molecule has 0 saturated heterocycles. The Kier molecular flexibility index (Phi) is 2.84. The van der Waals surface area contributed by atoms with Crippen LogP contribution in [0.2, 0.25) is 0 Å². The molecular weight excluding hydrogens is 158 g/mol. The summed E-state index contributed by atoms with van der Waals surface area (Å²) in [6.45, 7) is 0.401. The van der Waals surface area contributed by atoms with E-state index in [1.165, 1.54) is 6.20 Å². The van der Waals surface area contributed by atoms with Crippen molar-refractivity contribution in [2.45, 2.75) is 6.23 Å². The molecule has 0 saturated carbocycles. The lowest BCUT2D eigenvalue weighted by Crippen LogP contribution is -2.45. The van der Waals surface area contributed by atoms with E-state index in [0.717, 1.165) is 0 Å². The minimum Gasteiger partial charge on any atom is -0.369 e. The van der Waals surface area contributed by atoms with E-state index >= 15 is 0 Å². The Balaban J connectivity index is 2.64. The number of urea groups is 1. The van der Waals surface area contributed by atoms with E-state index in [9.17, 15) is 9.90 Å². The Bertz CT molecular complexity index is 235. The fourth-order valence-corrected chi connectivity index (χ4v) is 0.820. The van der Waals surface area contributed by atoms with Crippen molar-refractivity contribution in [3.05, 3.63) is 23.9 Å². The lowest BCUT2D eigenvalue weighted by molar-refractivity contribution is 0.168. The van der Waals surface area contributed by atoms with Crippen LogP contribution in [0.1, 0.15) is 0 Å². The normalized spacial score (nSPS) is 23.3. The second-order valence-corrected chi connectivity index (χ2v) is 2.30. The van der Waals surface area contributed by atoms with Crippen LogP contribution in [0.15, 0.2) is 23.9 Å². The molecule has 0 fully saturated rings. The second kappa shape index (κ2) is 3.89. The highest BCUT2D eigenvalue weighted by Crippen LogP contribution is 2.03. The topological polar surface area (TPSA) is 87.4 Å². The molecule has 1 aliphatic heterocycles. The zero-order chi connectivity index (χ0) is 8.97. The molecule has 0 radical (unpaired) electrons. The lowest BCUT2D eigenvalue weighted by Gasteiger charge is -2.18. The van der Waals surface area contributed by atoms with Crippen LogP contribution in [0.4, 0.5) is 4.79 Å². The van der Waals surface area contributed by atoms with Crippen molar-refractivity contribution in [1.29, 1.82) is 0 Å². The highest BCUT2D eigenvalue weighted by Gasteiger charge is 2.15. The van der Waals surface area contributed by atoms with Crippen LogP contribution in [-0.4, -0.2) is 23.9 Å². The van der Waals surface area contributed by atoms with E-state index in [1.807, 2.05) is 0 Å². The molecule has 1 atom stereocenters. The molecule has 0 aromatic rings. The zero-order valence-electron chi connectivity index (χ0n) is 6.45. The number of nitrogens with two attached hydrogens (primary N) is 1. The fraction of sp³-hybridized carbons (Fsp3) is 0.286. The number of hydrogen-bond donors (Lipinski definition) is 4. The molecule has 1 aliphatic rings. The van der Waals surface area contributed by atoms with Crippen molar-refractivity contribution in [2.24, 2.45) is 5.73 Å². The predicted octanol–water partition coefficient (Wildman–Crippen LogP) is -0.984. The van der Waals surface area contributed by atoms with Gasteiger partial charge in [0.25, 0.3) is 0 Å². The summed E-state index contributed by atoms with van der Waals surface area (Å²) in [4.78, 5) is 10.6.